The summed E-state index contributed by atoms with van der Waals surface area (Å²) in [5.74, 6) is -0.532. The minimum absolute atomic E-state index is 0.00343. The SMILES string of the molecule is CSC(C)CC(=O)NCc1cccc(OCC(=O)O)c1. The Morgan fingerprint density at radius 1 is 1.45 bits per heavy atom. The second-order valence-electron chi connectivity index (χ2n) is 4.36. The summed E-state index contributed by atoms with van der Waals surface area (Å²) in [5, 5.41) is 11.7. The molecule has 0 aliphatic heterocycles. The number of carbonyl (C=O) groups is 2. The van der Waals surface area contributed by atoms with Crippen LogP contribution in [0.3, 0.4) is 0 Å². The Morgan fingerprint density at radius 3 is 2.85 bits per heavy atom. The normalized spacial score (nSPS) is 11.7. The minimum atomic E-state index is -1.02. The number of carboxylic acid groups (broad SMARTS) is 1. The zero-order valence-corrected chi connectivity index (χ0v) is 12.4. The molecule has 0 spiro atoms. The molecule has 0 bridgehead atoms. The first-order valence-corrected chi connectivity index (χ1v) is 7.53. The van der Waals surface area contributed by atoms with Crippen molar-refractivity contribution < 1.29 is 19.4 Å². The Bertz CT molecular complexity index is 464. The van der Waals surface area contributed by atoms with Crippen LogP contribution in [0.1, 0.15) is 18.9 Å². The number of rotatable bonds is 8. The largest absolute Gasteiger partial charge is 0.482 e. The molecule has 0 saturated heterocycles. The first kappa shape index (κ1) is 16.4. The molecular formula is C14H19NO4S. The summed E-state index contributed by atoms with van der Waals surface area (Å²) < 4.78 is 5.08. The highest BCUT2D eigenvalue weighted by atomic mass is 32.2. The van der Waals surface area contributed by atoms with E-state index in [4.69, 9.17) is 9.84 Å². The van der Waals surface area contributed by atoms with Gasteiger partial charge in [-0.3, -0.25) is 4.79 Å². The van der Waals surface area contributed by atoms with Gasteiger partial charge in [-0.05, 0) is 24.0 Å². The number of benzene rings is 1. The number of thioether (sulfide) groups is 1. The smallest absolute Gasteiger partial charge is 0.341 e. The van der Waals surface area contributed by atoms with Gasteiger partial charge in [0.05, 0.1) is 0 Å². The molecule has 0 fully saturated rings. The Hall–Kier alpha value is -1.69. The lowest BCUT2D eigenvalue weighted by atomic mass is 10.2. The van der Waals surface area contributed by atoms with Gasteiger partial charge >= 0.3 is 5.97 Å². The summed E-state index contributed by atoms with van der Waals surface area (Å²) in [6.07, 6.45) is 2.46. The van der Waals surface area contributed by atoms with Gasteiger partial charge in [0.15, 0.2) is 6.61 Å². The van der Waals surface area contributed by atoms with Crippen LogP contribution in [0.5, 0.6) is 5.75 Å². The molecule has 5 nitrogen and oxygen atoms in total. The molecule has 6 heteroatoms. The summed E-state index contributed by atoms with van der Waals surface area (Å²) in [4.78, 5) is 22.1. The Balaban J connectivity index is 2.45. The molecular weight excluding hydrogens is 278 g/mol. The zero-order valence-electron chi connectivity index (χ0n) is 11.6. The molecule has 1 atom stereocenters. The summed E-state index contributed by atoms with van der Waals surface area (Å²) in [6, 6.07) is 7.03. The van der Waals surface area contributed by atoms with Crippen molar-refractivity contribution >= 4 is 23.6 Å². The van der Waals surface area contributed by atoms with Crippen molar-refractivity contribution in [3.8, 4) is 5.75 Å². The van der Waals surface area contributed by atoms with Gasteiger partial charge in [0, 0.05) is 18.2 Å². The average Bonchev–Trinajstić information content (AvgIpc) is 2.43. The van der Waals surface area contributed by atoms with Crippen LogP contribution < -0.4 is 10.1 Å². The molecule has 0 aliphatic rings. The fraction of sp³-hybridized carbons (Fsp3) is 0.429. The van der Waals surface area contributed by atoms with Crippen LogP contribution in [0.25, 0.3) is 0 Å². The third-order valence-electron chi connectivity index (χ3n) is 2.63. The fourth-order valence-electron chi connectivity index (χ4n) is 1.51. The van der Waals surface area contributed by atoms with E-state index in [0.717, 1.165) is 5.56 Å². The van der Waals surface area contributed by atoms with Crippen LogP contribution in [0.2, 0.25) is 0 Å². The number of hydrogen-bond acceptors (Lipinski definition) is 4. The van der Waals surface area contributed by atoms with E-state index < -0.39 is 5.97 Å². The number of ether oxygens (including phenoxy) is 1. The fourth-order valence-corrected chi connectivity index (χ4v) is 1.83. The van der Waals surface area contributed by atoms with Crippen molar-refractivity contribution in [2.75, 3.05) is 12.9 Å². The molecule has 1 aromatic carbocycles. The number of hydrogen-bond donors (Lipinski definition) is 2. The van der Waals surface area contributed by atoms with E-state index in [1.807, 2.05) is 19.2 Å². The molecule has 20 heavy (non-hydrogen) atoms. The molecule has 1 rings (SSSR count). The second-order valence-corrected chi connectivity index (χ2v) is 5.63. The Kier molecular flexibility index (Phi) is 6.93. The first-order chi connectivity index (χ1) is 9.51. The molecule has 1 aromatic rings. The maximum Gasteiger partial charge on any atom is 0.341 e. The summed E-state index contributed by atoms with van der Waals surface area (Å²) >= 11 is 1.65. The Morgan fingerprint density at radius 2 is 2.20 bits per heavy atom. The lowest BCUT2D eigenvalue weighted by Crippen LogP contribution is -2.25. The van der Waals surface area contributed by atoms with E-state index in [-0.39, 0.29) is 12.5 Å². The van der Waals surface area contributed by atoms with Crippen molar-refractivity contribution in [1.82, 2.24) is 5.32 Å². The van der Waals surface area contributed by atoms with Crippen LogP contribution in [0.15, 0.2) is 24.3 Å². The van der Waals surface area contributed by atoms with E-state index in [2.05, 4.69) is 5.32 Å². The number of carbonyl (C=O) groups excluding carboxylic acids is 1. The number of aliphatic carboxylic acids is 1. The summed E-state index contributed by atoms with van der Waals surface area (Å²) in [6.45, 7) is 2.04. The lowest BCUT2D eigenvalue weighted by Gasteiger charge is -2.10. The standard InChI is InChI=1S/C14H19NO4S/c1-10(20-2)6-13(16)15-8-11-4-3-5-12(7-11)19-9-14(17)18/h3-5,7,10H,6,8-9H2,1-2H3,(H,15,16)(H,17,18). The van der Waals surface area contributed by atoms with Gasteiger partial charge in [-0.25, -0.2) is 4.79 Å². The van der Waals surface area contributed by atoms with Crippen molar-refractivity contribution in [3.05, 3.63) is 29.8 Å². The molecule has 0 saturated carbocycles. The average molecular weight is 297 g/mol. The third kappa shape index (κ3) is 6.47. The number of carboxylic acids is 1. The third-order valence-corrected chi connectivity index (χ3v) is 3.60. The summed E-state index contributed by atoms with van der Waals surface area (Å²) in [5.41, 5.74) is 0.873. The van der Waals surface area contributed by atoms with Gasteiger partial charge in [-0.15, -0.1) is 0 Å². The molecule has 0 aliphatic carbocycles. The molecule has 1 unspecified atom stereocenters. The van der Waals surface area contributed by atoms with Crippen molar-refractivity contribution in [2.45, 2.75) is 25.1 Å². The van der Waals surface area contributed by atoms with Crippen molar-refractivity contribution in [2.24, 2.45) is 0 Å². The molecule has 110 valence electrons. The summed E-state index contributed by atoms with van der Waals surface area (Å²) in [7, 11) is 0. The van der Waals surface area contributed by atoms with Crippen LogP contribution in [0, 0.1) is 0 Å². The van der Waals surface area contributed by atoms with E-state index in [1.54, 1.807) is 30.0 Å². The predicted molar refractivity (Wildman–Crippen MR) is 79.0 cm³/mol. The predicted octanol–water partition coefficient (Wildman–Crippen LogP) is 1.91. The number of amides is 1. The van der Waals surface area contributed by atoms with Crippen LogP contribution >= 0.6 is 11.8 Å². The van der Waals surface area contributed by atoms with Gasteiger partial charge in [-0.1, -0.05) is 19.1 Å². The van der Waals surface area contributed by atoms with E-state index in [1.165, 1.54) is 0 Å². The Labute approximate surface area is 122 Å². The molecule has 1 amide bonds. The lowest BCUT2D eigenvalue weighted by molar-refractivity contribution is -0.139. The monoisotopic (exact) mass is 297 g/mol. The van der Waals surface area contributed by atoms with Gasteiger partial charge in [0.25, 0.3) is 0 Å². The van der Waals surface area contributed by atoms with E-state index >= 15 is 0 Å². The van der Waals surface area contributed by atoms with Crippen molar-refractivity contribution in [3.63, 3.8) is 0 Å². The van der Waals surface area contributed by atoms with Crippen LogP contribution in [-0.4, -0.2) is 35.1 Å². The maximum atomic E-state index is 11.7. The molecule has 0 aromatic heterocycles. The van der Waals surface area contributed by atoms with E-state index in [9.17, 15) is 9.59 Å². The zero-order chi connectivity index (χ0) is 15.0. The maximum absolute atomic E-state index is 11.7. The topological polar surface area (TPSA) is 75.6 Å². The number of nitrogens with one attached hydrogen (secondary N) is 1. The molecule has 0 heterocycles. The highest BCUT2D eigenvalue weighted by Crippen LogP contribution is 2.13. The van der Waals surface area contributed by atoms with E-state index in [0.29, 0.717) is 24.0 Å². The van der Waals surface area contributed by atoms with Crippen molar-refractivity contribution in [1.29, 1.82) is 0 Å². The highest BCUT2D eigenvalue weighted by molar-refractivity contribution is 7.99. The van der Waals surface area contributed by atoms with Crippen LogP contribution in [-0.2, 0) is 16.1 Å². The van der Waals surface area contributed by atoms with Gasteiger partial charge < -0.3 is 15.2 Å². The quantitative estimate of drug-likeness (QED) is 0.766. The van der Waals surface area contributed by atoms with Gasteiger partial charge in [0.1, 0.15) is 5.75 Å². The first-order valence-electron chi connectivity index (χ1n) is 6.24. The molecule has 2 N–H and O–H groups in total. The minimum Gasteiger partial charge on any atom is -0.482 e. The second kappa shape index (κ2) is 8.47. The highest BCUT2D eigenvalue weighted by Gasteiger charge is 2.07. The molecule has 0 radical (unpaired) electrons. The van der Waals surface area contributed by atoms with Gasteiger partial charge in [0.2, 0.25) is 5.91 Å². The van der Waals surface area contributed by atoms with Crippen LogP contribution in [0.4, 0.5) is 0 Å². The van der Waals surface area contributed by atoms with Gasteiger partial charge in [-0.2, -0.15) is 11.8 Å².